The van der Waals surface area contributed by atoms with Gasteiger partial charge in [0.05, 0.1) is 31.4 Å². The zero-order chi connectivity index (χ0) is 23.4. The Morgan fingerprint density at radius 1 is 1.21 bits per heavy atom. The maximum Gasteiger partial charge on any atom is 0.253 e. The first-order valence-electron chi connectivity index (χ1n) is 12.5. The number of nitrogens with zero attached hydrogens (tertiary/aromatic N) is 2. The molecule has 2 aromatic rings. The average molecular weight is 454 g/mol. The quantitative estimate of drug-likeness (QED) is 0.711. The minimum atomic E-state index is 0.0581. The third-order valence-corrected chi connectivity index (χ3v) is 9.04. The fraction of sp³-hybridized carbons (Fsp3) is 0.667. The molecule has 6 heteroatoms. The smallest absolute Gasteiger partial charge is 0.253 e. The minimum Gasteiger partial charge on any atom is -0.495 e. The van der Waals surface area contributed by atoms with E-state index in [4.69, 9.17) is 9.47 Å². The van der Waals surface area contributed by atoms with Crippen molar-refractivity contribution in [2.24, 2.45) is 16.7 Å². The van der Waals surface area contributed by atoms with Crippen LogP contribution >= 0.6 is 0 Å². The van der Waals surface area contributed by atoms with Crippen LogP contribution in [0.25, 0.3) is 10.9 Å². The number of nitrogens with one attached hydrogen (secondary N) is 1. The summed E-state index contributed by atoms with van der Waals surface area (Å²) < 4.78 is 13.5. The maximum absolute atomic E-state index is 13.9. The predicted molar refractivity (Wildman–Crippen MR) is 131 cm³/mol. The number of hydrogen-bond donors (Lipinski definition) is 1. The van der Waals surface area contributed by atoms with E-state index < -0.39 is 0 Å². The Morgan fingerprint density at radius 2 is 1.97 bits per heavy atom. The summed E-state index contributed by atoms with van der Waals surface area (Å²) in [6, 6.07) is 6.26. The Kier molecular flexibility index (Phi) is 5.73. The van der Waals surface area contributed by atoms with Gasteiger partial charge in [-0.25, -0.2) is 0 Å². The average Bonchev–Trinajstić information content (AvgIpc) is 3.39. The molecular weight excluding hydrogens is 414 g/mol. The minimum absolute atomic E-state index is 0.0581. The summed E-state index contributed by atoms with van der Waals surface area (Å²) >= 11 is 0. The molecule has 1 aliphatic heterocycles. The number of carbonyl (C=O) groups is 1. The van der Waals surface area contributed by atoms with E-state index in [2.05, 4.69) is 48.5 Å². The van der Waals surface area contributed by atoms with Gasteiger partial charge < -0.3 is 19.4 Å². The van der Waals surface area contributed by atoms with Gasteiger partial charge in [-0.3, -0.25) is 9.69 Å². The van der Waals surface area contributed by atoms with E-state index in [1.54, 1.807) is 7.11 Å². The van der Waals surface area contributed by atoms with E-state index in [1.165, 1.54) is 19.3 Å². The van der Waals surface area contributed by atoms with Gasteiger partial charge in [0.15, 0.2) is 0 Å². The van der Waals surface area contributed by atoms with E-state index >= 15 is 0 Å². The number of morpholine rings is 1. The van der Waals surface area contributed by atoms with Crippen molar-refractivity contribution < 1.29 is 14.3 Å². The van der Waals surface area contributed by atoms with Crippen LogP contribution < -0.4 is 10.1 Å². The van der Waals surface area contributed by atoms with E-state index in [-0.39, 0.29) is 22.8 Å². The molecule has 0 radical (unpaired) electrons. The van der Waals surface area contributed by atoms with Gasteiger partial charge in [-0.15, -0.1) is 0 Å². The van der Waals surface area contributed by atoms with Gasteiger partial charge in [0.1, 0.15) is 5.75 Å². The van der Waals surface area contributed by atoms with Gasteiger partial charge in [-0.2, -0.15) is 0 Å². The highest BCUT2D eigenvalue weighted by Gasteiger charge is 2.59. The van der Waals surface area contributed by atoms with Crippen LogP contribution in [0.15, 0.2) is 18.2 Å². The molecule has 2 bridgehead atoms. The fourth-order valence-corrected chi connectivity index (χ4v) is 7.16. The predicted octanol–water partition coefficient (Wildman–Crippen LogP) is 4.24. The standard InChI is InChI=1S/C27H39N3O3/c1-18-22(24(31)28-25-26(2,3)19-9-10-27(25,4)17-19)20-7-6-8-21(32-5)23(20)30(18)12-11-29-13-15-33-16-14-29/h6-8,19,25H,9-17H2,1-5H3,(H,28,31)/t19-,25-,27+/m1/s1. The number of benzene rings is 1. The zero-order valence-electron chi connectivity index (χ0n) is 20.9. The molecule has 33 heavy (non-hydrogen) atoms. The molecule has 1 aromatic carbocycles. The van der Waals surface area contributed by atoms with Gasteiger partial charge in [-0.1, -0.05) is 32.9 Å². The molecule has 0 spiro atoms. The van der Waals surface area contributed by atoms with Crippen LogP contribution in [0.2, 0.25) is 0 Å². The number of rotatable bonds is 6. The van der Waals surface area contributed by atoms with Crippen molar-refractivity contribution in [3.63, 3.8) is 0 Å². The molecule has 5 rings (SSSR count). The van der Waals surface area contributed by atoms with Crippen molar-refractivity contribution in [1.82, 2.24) is 14.8 Å². The molecule has 2 aliphatic carbocycles. The van der Waals surface area contributed by atoms with Crippen molar-refractivity contribution >= 4 is 16.8 Å². The number of ether oxygens (including phenoxy) is 2. The second-order valence-corrected chi connectivity index (χ2v) is 11.2. The lowest BCUT2D eigenvalue weighted by molar-refractivity contribution is 0.0365. The summed E-state index contributed by atoms with van der Waals surface area (Å²) in [5, 5.41) is 4.51. The fourth-order valence-electron chi connectivity index (χ4n) is 7.16. The largest absolute Gasteiger partial charge is 0.495 e. The lowest BCUT2D eigenvalue weighted by atomic mass is 9.68. The van der Waals surface area contributed by atoms with Crippen LogP contribution in [0.1, 0.15) is 56.1 Å². The SMILES string of the molecule is COc1cccc2c(C(=O)N[C@@H]3C(C)(C)[C@@H]4CC[C@@]3(C)C4)c(C)n(CCN3CCOCC3)c12. The van der Waals surface area contributed by atoms with Crippen LogP contribution in [-0.2, 0) is 11.3 Å². The second kappa shape index (κ2) is 8.31. The summed E-state index contributed by atoms with van der Waals surface area (Å²) in [6.07, 6.45) is 3.71. The molecule has 3 fully saturated rings. The molecule has 1 aromatic heterocycles. The van der Waals surface area contributed by atoms with Gasteiger partial charge >= 0.3 is 0 Å². The molecular formula is C27H39N3O3. The second-order valence-electron chi connectivity index (χ2n) is 11.2. The van der Waals surface area contributed by atoms with Crippen LogP contribution in [0.5, 0.6) is 5.75 Å². The Hall–Kier alpha value is -2.05. The normalized spacial score (nSPS) is 29.0. The number of aromatic nitrogens is 1. The third-order valence-electron chi connectivity index (χ3n) is 9.04. The molecule has 1 N–H and O–H groups in total. The van der Waals surface area contributed by atoms with E-state index in [0.29, 0.717) is 5.92 Å². The lowest BCUT2D eigenvalue weighted by Crippen LogP contribution is -2.52. The maximum atomic E-state index is 13.9. The first-order valence-corrected chi connectivity index (χ1v) is 12.5. The van der Waals surface area contributed by atoms with Crippen LogP contribution in [-0.4, -0.2) is 61.4 Å². The van der Waals surface area contributed by atoms with Crippen molar-refractivity contribution in [3.8, 4) is 5.75 Å². The number of amides is 1. The lowest BCUT2D eigenvalue weighted by Gasteiger charge is -2.43. The highest BCUT2D eigenvalue weighted by Crippen LogP contribution is 2.62. The molecule has 3 aliphatic rings. The Bertz CT molecular complexity index is 1050. The van der Waals surface area contributed by atoms with Crippen molar-refractivity contribution in [2.75, 3.05) is 40.0 Å². The summed E-state index contributed by atoms with van der Waals surface area (Å²) in [5.74, 6) is 1.58. The number of hydrogen-bond acceptors (Lipinski definition) is 4. The number of carbonyl (C=O) groups excluding carboxylic acids is 1. The van der Waals surface area contributed by atoms with E-state index in [9.17, 15) is 4.79 Å². The van der Waals surface area contributed by atoms with Gasteiger partial charge in [-0.05, 0) is 49.0 Å². The zero-order valence-corrected chi connectivity index (χ0v) is 20.9. The summed E-state index contributed by atoms with van der Waals surface area (Å²) in [5.41, 5.74) is 3.17. The van der Waals surface area contributed by atoms with Gasteiger partial charge in [0, 0.05) is 43.3 Å². The van der Waals surface area contributed by atoms with E-state index in [0.717, 1.165) is 67.3 Å². The molecule has 3 atom stereocenters. The van der Waals surface area contributed by atoms with Crippen molar-refractivity contribution in [3.05, 3.63) is 29.5 Å². The summed E-state index contributed by atoms with van der Waals surface area (Å²) in [7, 11) is 1.71. The molecule has 0 unspecified atom stereocenters. The molecule has 2 saturated carbocycles. The third kappa shape index (κ3) is 3.66. The monoisotopic (exact) mass is 453 g/mol. The molecule has 1 amide bonds. The number of fused-ring (bicyclic) bond motifs is 3. The first kappa shape index (κ1) is 22.7. The van der Waals surface area contributed by atoms with Crippen molar-refractivity contribution in [2.45, 2.75) is 59.5 Å². The highest BCUT2D eigenvalue weighted by molar-refractivity contribution is 6.09. The molecule has 2 heterocycles. The highest BCUT2D eigenvalue weighted by atomic mass is 16.5. The van der Waals surface area contributed by atoms with E-state index in [1.807, 2.05) is 12.1 Å². The molecule has 6 nitrogen and oxygen atoms in total. The molecule has 1 saturated heterocycles. The Labute approximate surface area is 197 Å². The Balaban J connectivity index is 1.49. The van der Waals surface area contributed by atoms with Crippen LogP contribution in [0, 0.1) is 23.7 Å². The Morgan fingerprint density at radius 3 is 2.64 bits per heavy atom. The van der Waals surface area contributed by atoms with Crippen LogP contribution in [0.3, 0.4) is 0 Å². The van der Waals surface area contributed by atoms with Crippen LogP contribution in [0.4, 0.5) is 0 Å². The number of para-hydroxylation sites is 1. The summed E-state index contributed by atoms with van der Waals surface area (Å²) in [4.78, 5) is 16.3. The van der Waals surface area contributed by atoms with Gasteiger partial charge in [0.2, 0.25) is 0 Å². The topological polar surface area (TPSA) is 55.7 Å². The summed E-state index contributed by atoms with van der Waals surface area (Å²) in [6.45, 7) is 14.4. The molecule has 180 valence electrons. The van der Waals surface area contributed by atoms with Crippen molar-refractivity contribution in [1.29, 1.82) is 0 Å². The number of methoxy groups -OCH3 is 1. The van der Waals surface area contributed by atoms with Gasteiger partial charge in [0.25, 0.3) is 5.91 Å². The first-order chi connectivity index (χ1) is 15.8.